The molecule has 96 valence electrons. The molecule has 0 aliphatic heterocycles. The Morgan fingerprint density at radius 2 is 1.83 bits per heavy atom. The van der Waals surface area contributed by atoms with E-state index in [0.717, 1.165) is 5.56 Å². The summed E-state index contributed by atoms with van der Waals surface area (Å²) in [6.07, 6.45) is 0.608. The smallest absolute Gasteiger partial charge is 0.228 e. The third kappa shape index (κ3) is 2.96. The topological polar surface area (TPSA) is 64.9 Å². The summed E-state index contributed by atoms with van der Waals surface area (Å²) in [6.45, 7) is 6.26. The second-order valence-electron chi connectivity index (χ2n) is 4.97. The van der Waals surface area contributed by atoms with Gasteiger partial charge in [-0.05, 0) is 18.4 Å². The van der Waals surface area contributed by atoms with Crippen molar-refractivity contribution in [2.45, 2.75) is 39.2 Å². The number of nitrogens with two attached hydrogens (primary N) is 1. The highest BCUT2D eigenvalue weighted by Gasteiger charge is 2.10. The molecule has 0 radical (unpaired) electrons. The molecule has 0 bridgehead atoms. The molecule has 0 saturated heterocycles. The molecule has 0 fully saturated rings. The van der Waals surface area contributed by atoms with Gasteiger partial charge < -0.3 is 10.3 Å². The summed E-state index contributed by atoms with van der Waals surface area (Å²) in [5.41, 5.74) is 7.97. The first-order valence-electron chi connectivity index (χ1n) is 6.24. The summed E-state index contributed by atoms with van der Waals surface area (Å²) in [6, 6.07) is 8.27. The largest absolute Gasteiger partial charge is 0.339 e. The Hall–Kier alpha value is -1.68. The van der Waals surface area contributed by atoms with E-state index in [2.05, 4.69) is 36.1 Å². The molecule has 18 heavy (non-hydrogen) atoms. The van der Waals surface area contributed by atoms with Gasteiger partial charge in [0.1, 0.15) is 0 Å². The highest BCUT2D eigenvalue weighted by atomic mass is 16.5. The van der Waals surface area contributed by atoms with E-state index >= 15 is 0 Å². The molecule has 1 aromatic heterocycles. The second kappa shape index (κ2) is 5.31. The third-order valence-electron chi connectivity index (χ3n) is 2.80. The monoisotopic (exact) mass is 245 g/mol. The van der Waals surface area contributed by atoms with Gasteiger partial charge in [0, 0.05) is 18.0 Å². The molecular formula is C14H19N3O. The molecule has 0 amide bonds. The lowest BCUT2D eigenvalue weighted by molar-refractivity contribution is 0.372. The molecule has 4 nitrogen and oxygen atoms in total. The van der Waals surface area contributed by atoms with Crippen molar-refractivity contribution in [3.8, 4) is 11.4 Å². The Labute approximate surface area is 107 Å². The maximum atomic E-state index is 5.70. The quantitative estimate of drug-likeness (QED) is 0.899. The molecule has 0 aliphatic carbocycles. The average Bonchev–Trinajstić information content (AvgIpc) is 2.76. The van der Waals surface area contributed by atoms with Crippen LogP contribution in [0.1, 0.15) is 38.1 Å². The average molecular weight is 245 g/mol. The fourth-order valence-electron chi connectivity index (χ4n) is 1.75. The molecule has 2 N–H and O–H groups in total. The van der Waals surface area contributed by atoms with Crippen LogP contribution in [0.25, 0.3) is 11.4 Å². The SMILES string of the molecule is CC(N)Cc1nc(-c2ccc(C(C)C)cc2)no1. The van der Waals surface area contributed by atoms with Crippen molar-refractivity contribution in [2.75, 3.05) is 0 Å². The molecule has 0 saturated carbocycles. The van der Waals surface area contributed by atoms with E-state index in [1.807, 2.05) is 19.1 Å². The van der Waals surface area contributed by atoms with Crippen molar-refractivity contribution >= 4 is 0 Å². The van der Waals surface area contributed by atoms with Gasteiger partial charge in [0.05, 0.1) is 0 Å². The fourth-order valence-corrected chi connectivity index (χ4v) is 1.75. The van der Waals surface area contributed by atoms with Crippen LogP contribution in [-0.4, -0.2) is 16.2 Å². The first-order chi connectivity index (χ1) is 8.56. The molecule has 2 rings (SSSR count). The van der Waals surface area contributed by atoms with Crippen molar-refractivity contribution in [3.05, 3.63) is 35.7 Å². The van der Waals surface area contributed by atoms with E-state index in [0.29, 0.717) is 24.1 Å². The van der Waals surface area contributed by atoms with Crippen LogP contribution >= 0.6 is 0 Å². The fraction of sp³-hybridized carbons (Fsp3) is 0.429. The van der Waals surface area contributed by atoms with Crippen LogP contribution in [0.4, 0.5) is 0 Å². The van der Waals surface area contributed by atoms with Crippen molar-refractivity contribution in [3.63, 3.8) is 0 Å². The number of benzene rings is 1. The number of hydrogen-bond acceptors (Lipinski definition) is 4. The van der Waals surface area contributed by atoms with Gasteiger partial charge in [0.2, 0.25) is 11.7 Å². The lowest BCUT2D eigenvalue weighted by Crippen LogP contribution is -2.17. The third-order valence-corrected chi connectivity index (χ3v) is 2.80. The van der Waals surface area contributed by atoms with Gasteiger partial charge in [-0.1, -0.05) is 43.3 Å². The zero-order chi connectivity index (χ0) is 13.1. The standard InChI is InChI=1S/C14H19N3O/c1-9(2)11-4-6-12(7-5-11)14-16-13(18-17-14)8-10(3)15/h4-7,9-10H,8,15H2,1-3H3. The maximum absolute atomic E-state index is 5.70. The summed E-state index contributed by atoms with van der Waals surface area (Å²) in [5, 5.41) is 3.97. The van der Waals surface area contributed by atoms with Crippen molar-refractivity contribution < 1.29 is 4.52 Å². The lowest BCUT2D eigenvalue weighted by atomic mass is 10.0. The molecule has 1 atom stereocenters. The minimum atomic E-state index is 0.0293. The zero-order valence-electron chi connectivity index (χ0n) is 11.1. The molecule has 2 aromatic rings. The van der Waals surface area contributed by atoms with Gasteiger partial charge in [-0.25, -0.2) is 0 Å². The molecule has 0 aliphatic rings. The van der Waals surface area contributed by atoms with Gasteiger partial charge in [0.15, 0.2) is 0 Å². The van der Waals surface area contributed by atoms with Gasteiger partial charge in [0.25, 0.3) is 0 Å². The molecule has 1 unspecified atom stereocenters. The van der Waals surface area contributed by atoms with E-state index in [4.69, 9.17) is 10.3 Å². The molecule has 1 aromatic carbocycles. The number of nitrogens with zero attached hydrogens (tertiary/aromatic N) is 2. The van der Waals surface area contributed by atoms with Crippen LogP contribution in [-0.2, 0) is 6.42 Å². The first-order valence-corrected chi connectivity index (χ1v) is 6.24. The van der Waals surface area contributed by atoms with Gasteiger partial charge in [-0.15, -0.1) is 0 Å². The van der Waals surface area contributed by atoms with Crippen molar-refractivity contribution in [1.29, 1.82) is 0 Å². The number of hydrogen-bond donors (Lipinski definition) is 1. The highest BCUT2D eigenvalue weighted by molar-refractivity contribution is 5.54. The summed E-state index contributed by atoms with van der Waals surface area (Å²) in [5.74, 6) is 1.74. The molecule has 4 heteroatoms. The van der Waals surface area contributed by atoms with Crippen LogP contribution in [0.15, 0.2) is 28.8 Å². The summed E-state index contributed by atoms with van der Waals surface area (Å²) in [4.78, 5) is 4.34. The Morgan fingerprint density at radius 1 is 1.17 bits per heavy atom. The minimum absolute atomic E-state index is 0.0293. The number of aromatic nitrogens is 2. The molecular weight excluding hydrogens is 226 g/mol. The van der Waals surface area contributed by atoms with Gasteiger partial charge >= 0.3 is 0 Å². The minimum Gasteiger partial charge on any atom is -0.339 e. The Balaban J connectivity index is 2.18. The van der Waals surface area contributed by atoms with Gasteiger partial charge in [-0.2, -0.15) is 4.98 Å². The lowest BCUT2D eigenvalue weighted by Gasteiger charge is -2.04. The number of rotatable bonds is 4. The van der Waals surface area contributed by atoms with Crippen LogP contribution in [0.5, 0.6) is 0 Å². The van der Waals surface area contributed by atoms with Crippen LogP contribution < -0.4 is 5.73 Å². The van der Waals surface area contributed by atoms with Crippen LogP contribution in [0.3, 0.4) is 0 Å². The van der Waals surface area contributed by atoms with E-state index in [1.54, 1.807) is 0 Å². The van der Waals surface area contributed by atoms with Crippen LogP contribution in [0, 0.1) is 0 Å². The second-order valence-corrected chi connectivity index (χ2v) is 4.97. The zero-order valence-corrected chi connectivity index (χ0v) is 11.1. The van der Waals surface area contributed by atoms with E-state index in [1.165, 1.54) is 5.56 Å². The highest BCUT2D eigenvalue weighted by Crippen LogP contribution is 2.20. The maximum Gasteiger partial charge on any atom is 0.228 e. The summed E-state index contributed by atoms with van der Waals surface area (Å²) < 4.78 is 5.17. The van der Waals surface area contributed by atoms with Crippen LogP contribution in [0.2, 0.25) is 0 Å². The van der Waals surface area contributed by atoms with Crippen molar-refractivity contribution in [1.82, 2.24) is 10.1 Å². The van der Waals surface area contributed by atoms with E-state index in [9.17, 15) is 0 Å². The molecule has 0 spiro atoms. The Kier molecular flexibility index (Phi) is 3.77. The predicted octanol–water partition coefficient (Wildman–Crippen LogP) is 2.75. The van der Waals surface area contributed by atoms with E-state index in [-0.39, 0.29) is 6.04 Å². The predicted molar refractivity (Wildman–Crippen MR) is 71.2 cm³/mol. The van der Waals surface area contributed by atoms with E-state index < -0.39 is 0 Å². The normalized spacial score (nSPS) is 12.9. The summed E-state index contributed by atoms with van der Waals surface area (Å²) >= 11 is 0. The van der Waals surface area contributed by atoms with Gasteiger partial charge in [-0.3, -0.25) is 0 Å². The summed E-state index contributed by atoms with van der Waals surface area (Å²) in [7, 11) is 0. The molecule has 1 heterocycles. The Bertz CT molecular complexity index is 500. The first kappa shape index (κ1) is 12.8. The Morgan fingerprint density at radius 3 is 2.39 bits per heavy atom. The van der Waals surface area contributed by atoms with Crippen molar-refractivity contribution in [2.24, 2.45) is 5.73 Å².